The van der Waals surface area contributed by atoms with Crippen molar-refractivity contribution in [1.82, 2.24) is 0 Å². The molecule has 4 heteroatoms. The number of carbonyl (C=O) groups is 1. The molecule has 0 aliphatic carbocycles. The predicted octanol–water partition coefficient (Wildman–Crippen LogP) is 3.99. The van der Waals surface area contributed by atoms with Gasteiger partial charge in [0, 0.05) is 0 Å². The van der Waals surface area contributed by atoms with Crippen molar-refractivity contribution in [3.05, 3.63) is 34.9 Å². The minimum Gasteiger partial charge on any atom is -0.479 e. The monoisotopic (exact) mass is 324 g/mol. The number of aliphatic hydroxyl groups excluding tert-OH is 2. The lowest BCUT2D eigenvalue weighted by Gasteiger charge is -2.12. The summed E-state index contributed by atoms with van der Waals surface area (Å²) in [4.78, 5) is 10.5. The number of hydrogen-bond donors (Lipinski definition) is 3. The standard InChI is InChI=1S/C19H32O4/c1-14(2)8-5-9-15(3)10-6-11-16(4)12-7-13-17(20)18(21)19(22)23/h8,10,12,17-18,20-21H,5-7,9,11,13H2,1-4H3,(H,22,23). The van der Waals surface area contributed by atoms with Crippen LogP contribution in [0.3, 0.4) is 0 Å². The Balaban J connectivity index is 4.03. The van der Waals surface area contributed by atoms with Crippen molar-refractivity contribution in [3.8, 4) is 0 Å². The Hall–Kier alpha value is -1.39. The summed E-state index contributed by atoms with van der Waals surface area (Å²) >= 11 is 0. The van der Waals surface area contributed by atoms with Crippen molar-refractivity contribution in [2.75, 3.05) is 0 Å². The van der Waals surface area contributed by atoms with Crippen molar-refractivity contribution in [2.45, 2.75) is 78.4 Å². The van der Waals surface area contributed by atoms with Gasteiger partial charge in [0.2, 0.25) is 0 Å². The molecule has 0 aromatic heterocycles. The Bertz CT molecular complexity index is 442. The highest BCUT2D eigenvalue weighted by atomic mass is 16.4. The van der Waals surface area contributed by atoms with Crippen LogP contribution in [0.2, 0.25) is 0 Å². The van der Waals surface area contributed by atoms with E-state index in [1.165, 1.54) is 16.7 Å². The second-order valence-corrected chi connectivity index (χ2v) is 6.39. The van der Waals surface area contributed by atoms with Crippen molar-refractivity contribution in [2.24, 2.45) is 0 Å². The fourth-order valence-electron chi connectivity index (χ4n) is 2.16. The summed E-state index contributed by atoms with van der Waals surface area (Å²) in [6.07, 6.45) is 8.55. The number of aliphatic carboxylic acids is 1. The van der Waals surface area contributed by atoms with Crippen LogP contribution in [0.25, 0.3) is 0 Å². The van der Waals surface area contributed by atoms with Gasteiger partial charge in [0.05, 0.1) is 6.10 Å². The van der Waals surface area contributed by atoms with E-state index in [1.54, 1.807) is 0 Å². The van der Waals surface area contributed by atoms with E-state index in [-0.39, 0.29) is 6.42 Å². The molecular weight excluding hydrogens is 292 g/mol. The van der Waals surface area contributed by atoms with Crippen LogP contribution in [0.15, 0.2) is 34.9 Å². The maximum absolute atomic E-state index is 10.5. The summed E-state index contributed by atoms with van der Waals surface area (Å²) in [6.45, 7) is 8.41. The minimum atomic E-state index is -1.70. The summed E-state index contributed by atoms with van der Waals surface area (Å²) in [5, 5.41) is 27.3. The highest BCUT2D eigenvalue weighted by Crippen LogP contribution is 2.13. The summed E-state index contributed by atoms with van der Waals surface area (Å²) in [6, 6.07) is 0. The highest BCUT2D eigenvalue weighted by molar-refractivity contribution is 5.72. The molecule has 0 spiro atoms. The van der Waals surface area contributed by atoms with Gasteiger partial charge in [-0.1, -0.05) is 34.9 Å². The molecule has 0 saturated carbocycles. The Kier molecular flexibility index (Phi) is 11.4. The molecule has 0 aliphatic rings. The smallest absolute Gasteiger partial charge is 0.335 e. The minimum absolute atomic E-state index is 0.252. The zero-order valence-corrected chi connectivity index (χ0v) is 14.9. The molecule has 4 nitrogen and oxygen atoms in total. The molecule has 0 saturated heterocycles. The molecule has 0 amide bonds. The van der Waals surface area contributed by atoms with Crippen LogP contribution >= 0.6 is 0 Å². The average Bonchev–Trinajstić information content (AvgIpc) is 2.45. The van der Waals surface area contributed by atoms with Gasteiger partial charge in [0.25, 0.3) is 0 Å². The number of carboxylic acids is 1. The average molecular weight is 324 g/mol. The molecule has 0 aromatic carbocycles. The fraction of sp³-hybridized carbons (Fsp3) is 0.632. The largest absolute Gasteiger partial charge is 0.479 e. The van der Waals surface area contributed by atoms with E-state index in [0.29, 0.717) is 6.42 Å². The molecule has 23 heavy (non-hydrogen) atoms. The molecule has 0 bridgehead atoms. The molecule has 2 atom stereocenters. The van der Waals surface area contributed by atoms with E-state index in [4.69, 9.17) is 5.11 Å². The summed E-state index contributed by atoms with van der Waals surface area (Å²) in [5.74, 6) is -1.38. The van der Waals surface area contributed by atoms with Gasteiger partial charge in [-0.3, -0.25) is 0 Å². The number of allylic oxidation sites excluding steroid dienone is 6. The van der Waals surface area contributed by atoms with E-state index >= 15 is 0 Å². The summed E-state index contributed by atoms with van der Waals surface area (Å²) in [7, 11) is 0. The molecule has 0 aliphatic heterocycles. The third-order valence-corrected chi connectivity index (χ3v) is 3.70. The van der Waals surface area contributed by atoms with E-state index < -0.39 is 18.2 Å². The van der Waals surface area contributed by atoms with Crippen LogP contribution in [0.5, 0.6) is 0 Å². The Morgan fingerprint density at radius 3 is 1.83 bits per heavy atom. The quantitative estimate of drug-likeness (QED) is 0.502. The normalized spacial score (nSPS) is 15.2. The Morgan fingerprint density at radius 2 is 1.35 bits per heavy atom. The Morgan fingerprint density at radius 1 is 0.870 bits per heavy atom. The SMILES string of the molecule is CC(C)=CCCC(C)=CCCC(C)=CCCC(O)C(O)C(=O)O. The van der Waals surface area contributed by atoms with Crippen molar-refractivity contribution < 1.29 is 20.1 Å². The molecule has 3 N–H and O–H groups in total. The van der Waals surface area contributed by atoms with Crippen LogP contribution in [0, 0.1) is 0 Å². The van der Waals surface area contributed by atoms with Crippen LogP contribution in [0.1, 0.15) is 66.2 Å². The van der Waals surface area contributed by atoms with Gasteiger partial charge in [0.15, 0.2) is 6.10 Å². The van der Waals surface area contributed by atoms with Gasteiger partial charge in [-0.25, -0.2) is 4.79 Å². The van der Waals surface area contributed by atoms with E-state index in [9.17, 15) is 15.0 Å². The van der Waals surface area contributed by atoms with Gasteiger partial charge >= 0.3 is 5.97 Å². The summed E-state index contributed by atoms with van der Waals surface area (Å²) in [5.41, 5.74) is 3.97. The first-order valence-electron chi connectivity index (χ1n) is 8.27. The second kappa shape index (κ2) is 12.1. The first-order chi connectivity index (χ1) is 10.7. The number of aliphatic hydroxyl groups is 2. The molecule has 132 valence electrons. The van der Waals surface area contributed by atoms with Crippen molar-refractivity contribution in [3.63, 3.8) is 0 Å². The first kappa shape index (κ1) is 21.6. The molecule has 0 heterocycles. The number of carboxylic acid groups (broad SMARTS) is 1. The maximum Gasteiger partial charge on any atom is 0.335 e. The molecule has 0 radical (unpaired) electrons. The van der Waals surface area contributed by atoms with E-state index in [2.05, 4.69) is 32.9 Å². The van der Waals surface area contributed by atoms with Gasteiger partial charge in [-0.05, 0) is 66.2 Å². The number of rotatable bonds is 11. The molecule has 0 fully saturated rings. The third-order valence-electron chi connectivity index (χ3n) is 3.70. The van der Waals surface area contributed by atoms with Crippen LogP contribution in [-0.2, 0) is 4.79 Å². The highest BCUT2D eigenvalue weighted by Gasteiger charge is 2.22. The lowest BCUT2D eigenvalue weighted by molar-refractivity contribution is -0.152. The van der Waals surface area contributed by atoms with Crippen molar-refractivity contribution in [1.29, 1.82) is 0 Å². The molecule has 0 rings (SSSR count). The Labute approximate surface area is 140 Å². The van der Waals surface area contributed by atoms with Crippen LogP contribution in [0.4, 0.5) is 0 Å². The summed E-state index contributed by atoms with van der Waals surface area (Å²) < 4.78 is 0. The van der Waals surface area contributed by atoms with E-state index in [1.807, 2.05) is 13.0 Å². The maximum atomic E-state index is 10.5. The van der Waals surface area contributed by atoms with Crippen LogP contribution < -0.4 is 0 Å². The molecular formula is C19H32O4. The fourth-order valence-corrected chi connectivity index (χ4v) is 2.16. The third kappa shape index (κ3) is 11.8. The second-order valence-electron chi connectivity index (χ2n) is 6.39. The molecule has 0 aromatic rings. The van der Waals surface area contributed by atoms with Gasteiger partial charge in [0.1, 0.15) is 0 Å². The van der Waals surface area contributed by atoms with Gasteiger partial charge < -0.3 is 15.3 Å². The van der Waals surface area contributed by atoms with E-state index in [0.717, 1.165) is 25.7 Å². The van der Waals surface area contributed by atoms with Gasteiger partial charge in [-0.15, -0.1) is 0 Å². The predicted molar refractivity (Wildman–Crippen MR) is 94.3 cm³/mol. The van der Waals surface area contributed by atoms with Gasteiger partial charge in [-0.2, -0.15) is 0 Å². The van der Waals surface area contributed by atoms with Crippen molar-refractivity contribution >= 4 is 5.97 Å². The first-order valence-corrected chi connectivity index (χ1v) is 8.27. The topological polar surface area (TPSA) is 77.8 Å². The zero-order chi connectivity index (χ0) is 17.8. The molecule has 2 unspecified atom stereocenters. The lowest BCUT2D eigenvalue weighted by Crippen LogP contribution is -2.33. The van der Waals surface area contributed by atoms with Crippen LogP contribution in [-0.4, -0.2) is 33.5 Å². The lowest BCUT2D eigenvalue weighted by atomic mass is 10.0. The number of hydrogen-bond acceptors (Lipinski definition) is 3. The zero-order valence-electron chi connectivity index (χ0n) is 14.9.